The molecule has 0 radical (unpaired) electrons. The van der Waals surface area contributed by atoms with Crippen LogP contribution >= 0.6 is 0 Å². The number of hydrogen-bond acceptors (Lipinski definition) is 3. The lowest BCUT2D eigenvalue weighted by atomic mass is 9.97. The van der Waals surface area contributed by atoms with Gasteiger partial charge in [0.05, 0.1) is 11.1 Å². The zero-order valence-corrected chi connectivity index (χ0v) is 20.5. The molecular formula is C28H21F6N3O2. The number of amides is 1. The molecule has 0 saturated carbocycles. The summed E-state index contributed by atoms with van der Waals surface area (Å²) in [5.41, 5.74) is -2.54. The molecule has 1 amide bonds. The van der Waals surface area contributed by atoms with Crippen LogP contribution in [0.2, 0.25) is 0 Å². The van der Waals surface area contributed by atoms with Crippen molar-refractivity contribution >= 4 is 16.8 Å². The van der Waals surface area contributed by atoms with E-state index in [1.807, 2.05) is 0 Å². The molecule has 5 nitrogen and oxygen atoms in total. The van der Waals surface area contributed by atoms with Crippen LogP contribution in [0.3, 0.4) is 0 Å². The number of aromatic nitrogens is 2. The first-order chi connectivity index (χ1) is 18.3. The number of hydrogen-bond donors (Lipinski definition) is 0. The van der Waals surface area contributed by atoms with Gasteiger partial charge in [0.25, 0.3) is 11.5 Å². The van der Waals surface area contributed by atoms with Crippen molar-refractivity contribution in [2.75, 3.05) is 6.54 Å². The number of carbonyl (C=O) groups is 1. The maximum Gasteiger partial charge on any atom is 0.416 e. The van der Waals surface area contributed by atoms with Crippen LogP contribution in [0.15, 0.2) is 71.7 Å². The Morgan fingerprint density at radius 3 is 2.13 bits per heavy atom. The molecule has 1 unspecified atom stereocenters. The summed E-state index contributed by atoms with van der Waals surface area (Å²) in [4.78, 5) is 32.9. The number of fused-ring (bicyclic) bond motifs is 2. The molecule has 1 atom stereocenters. The highest BCUT2D eigenvalue weighted by molar-refractivity contribution is 6.07. The average Bonchev–Trinajstić information content (AvgIpc) is 3.00. The fourth-order valence-electron chi connectivity index (χ4n) is 5.01. The van der Waals surface area contributed by atoms with Crippen LogP contribution in [0, 0.1) is 5.92 Å². The minimum atomic E-state index is -5.02. The minimum Gasteiger partial charge on any atom is -0.333 e. The lowest BCUT2D eigenvalue weighted by Crippen LogP contribution is -2.34. The van der Waals surface area contributed by atoms with Gasteiger partial charge in [0.15, 0.2) is 0 Å². The van der Waals surface area contributed by atoms with Crippen LogP contribution in [0.4, 0.5) is 26.3 Å². The van der Waals surface area contributed by atoms with Gasteiger partial charge in [0.1, 0.15) is 11.2 Å². The Labute approximate surface area is 218 Å². The van der Waals surface area contributed by atoms with Crippen molar-refractivity contribution in [2.45, 2.75) is 32.4 Å². The van der Waals surface area contributed by atoms with Crippen LogP contribution in [0.5, 0.6) is 0 Å². The summed E-state index contributed by atoms with van der Waals surface area (Å²) in [5.74, 6) is -1.02. The summed E-state index contributed by atoms with van der Waals surface area (Å²) >= 11 is 0. The molecule has 0 bridgehead atoms. The summed E-state index contributed by atoms with van der Waals surface area (Å²) in [5, 5.41) is 0.418. The number of pyridine rings is 2. The van der Waals surface area contributed by atoms with Gasteiger partial charge >= 0.3 is 12.4 Å². The molecule has 11 heteroatoms. The predicted octanol–water partition coefficient (Wildman–Crippen LogP) is 6.39. The van der Waals surface area contributed by atoms with Gasteiger partial charge in [-0.05, 0) is 41.3 Å². The largest absolute Gasteiger partial charge is 0.416 e. The highest BCUT2D eigenvalue weighted by atomic mass is 19.4. The van der Waals surface area contributed by atoms with E-state index in [0.29, 0.717) is 28.6 Å². The third kappa shape index (κ3) is 5.00. The highest BCUT2D eigenvalue weighted by Crippen LogP contribution is 2.37. The van der Waals surface area contributed by atoms with Gasteiger partial charge in [-0.15, -0.1) is 0 Å². The van der Waals surface area contributed by atoms with E-state index >= 15 is 0 Å². The summed E-state index contributed by atoms with van der Waals surface area (Å²) < 4.78 is 82.1. The molecule has 0 aliphatic carbocycles. The van der Waals surface area contributed by atoms with E-state index in [4.69, 9.17) is 0 Å². The van der Waals surface area contributed by atoms with Crippen molar-refractivity contribution in [3.63, 3.8) is 0 Å². The Hall–Kier alpha value is -4.15. The van der Waals surface area contributed by atoms with E-state index in [9.17, 15) is 35.9 Å². The fraction of sp³-hybridized carbons (Fsp3) is 0.250. The summed E-state index contributed by atoms with van der Waals surface area (Å²) in [7, 11) is 0. The van der Waals surface area contributed by atoms with Crippen molar-refractivity contribution in [3.8, 4) is 11.1 Å². The lowest BCUT2D eigenvalue weighted by Gasteiger charge is -2.25. The van der Waals surface area contributed by atoms with E-state index in [2.05, 4.69) is 4.98 Å². The third-order valence-corrected chi connectivity index (χ3v) is 6.63. The SMILES string of the molecule is CC1CN(Cc2cc(C(F)(F)F)cc(C(F)(F)F)c2)C(=O)c2c(-c3ccccc3)c3cccnc3c(=O)n2C1. The van der Waals surface area contributed by atoms with Crippen LogP contribution in [0.25, 0.3) is 22.0 Å². The zero-order chi connectivity index (χ0) is 28.1. The van der Waals surface area contributed by atoms with Gasteiger partial charge in [-0.2, -0.15) is 26.3 Å². The molecular weight excluding hydrogens is 524 g/mol. The Balaban J connectivity index is 1.70. The normalized spacial score (nSPS) is 16.3. The Kier molecular flexibility index (Phi) is 6.48. The van der Waals surface area contributed by atoms with Gasteiger partial charge in [-0.25, -0.2) is 0 Å². The Morgan fingerprint density at radius 2 is 1.51 bits per heavy atom. The number of carbonyl (C=O) groups excluding carboxylic acids is 1. The van der Waals surface area contributed by atoms with E-state index in [-0.39, 0.29) is 41.8 Å². The number of halogens is 6. The molecule has 0 saturated heterocycles. The van der Waals surface area contributed by atoms with Crippen LogP contribution in [-0.4, -0.2) is 26.9 Å². The minimum absolute atomic E-state index is 0.00948. The Morgan fingerprint density at radius 1 is 0.872 bits per heavy atom. The number of benzene rings is 2. The predicted molar refractivity (Wildman–Crippen MR) is 132 cm³/mol. The average molecular weight is 545 g/mol. The first-order valence-corrected chi connectivity index (χ1v) is 12.0. The maximum absolute atomic E-state index is 14.0. The van der Waals surface area contributed by atoms with Crippen LogP contribution in [0.1, 0.15) is 34.1 Å². The summed E-state index contributed by atoms with van der Waals surface area (Å²) in [6.07, 6.45) is -8.57. The second kappa shape index (κ2) is 9.55. The number of rotatable bonds is 3. The molecule has 0 N–H and O–H groups in total. The quantitative estimate of drug-likeness (QED) is 0.280. The first kappa shape index (κ1) is 26.5. The Bertz CT molecular complexity index is 1590. The second-order valence-electron chi connectivity index (χ2n) is 9.61. The molecule has 2 aromatic heterocycles. The van der Waals surface area contributed by atoms with Gasteiger partial charge in [-0.3, -0.25) is 14.6 Å². The van der Waals surface area contributed by atoms with E-state index in [1.54, 1.807) is 49.4 Å². The van der Waals surface area contributed by atoms with Gasteiger partial charge < -0.3 is 9.47 Å². The van der Waals surface area contributed by atoms with Crippen molar-refractivity contribution in [3.05, 3.63) is 99.6 Å². The fourth-order valence-corrected chi connectivity index (χ4v) is 5.01. The second-order valence-corrected chi connectivity index (χ2v) is 9.61. The monoisotopic (exact) mass is 545 g/mol. The molecule has 5 rings (SSSR count). The standard InChI is InChI=1S/C28H21F6N3O2/c1-16-13-36(15-17-10-19(27(29,30)31)12-20(11-17)28(32,33)34)26(39)24-22(18-6-3-2-4-7-18)21-8-5-9-35-23(21)25(38)37(24)14-16/h2-12,16H,13-15H2,1H3. The molecule has 1 aliphatic heterocycles. The van der Waals surface area contributed by atoms with E-state index in [0.717, 1.165) is 0 Å². The molecule has 0 fully saturated rings. The van der Waals surface area contributed by atoms with Crippen LogP contribution < -0.4 is 5.56 Å². The molecule has 202 valence electrons. The molecule has 1 aliphatic rings. The third-order valence-electron chi connectivity index (χ3n) is 6.63. The molecule has 0 spiro atoms. The van der Waals surface area contributed by atoms with Gasteiger partial charge in [0.2, 0.25) is 0 Å². The molecule has 3 heterocycles. The highest BCUT2D eigenvalue weighted by Gasteiger charge is 2.38. The van der Waals surface area contributed by atoms with Crippen molar-refractivity contribution in [1.29, 1.82) is 0 Å². The smallest absolute Gasteiger partial charge is 0.333 e. The molecule has 39 heavy (non-hydrogen) atoms. The van der Waals surface area contributed by atoms with Gasteiger partial charge in [-0.1, -0.05) is 43.3 Å². The lowest BCUT2D eigenvalue weighted by molar-refractivity contribution is -0.143. The topological polar surface area (TPSA) is 55.2 Å². The number of alkyl halides is 6. The summed E-state index contributed by atoms with van der Waals surface area (Å²) in [6, 6.07) is 13.3. The van der Waals surface area contributed by atoms with Crippen molar-refractivity contribution < 1.29 is 31.1 Å². The van der Waals surface area contributed by atoms with E-state index < -0.39 is 41.5 Å². The molecule has 2 aromatic carbocycles. The van der Waals surface area contributed by atoms with Crippen molar-refractivity contribution in [1.82, 2.24) is 14.5 Å². The maximum atomic E-state index is 14.0. The zero-order valence-electron chi connectivity index (χ0n) is 20.5. The number of nitrogens with zero attached hydrogens (tertiary/aromatic N) is 3. The van der Waals surface area contributed by atoms with Crippen LogP contribution in [-0.2, 0) is 25.4 Å². The van der Waals surface area contributed by atoms with Gasteiger partial charge in [0, 0.05) is 36.8 Å². The van der Waals surface area contributed by atoms with Crippen molar-refractivity contribution in [2.24, 2.45) is 5.92 Å². The molecule has 4 aromatic rings. The first-order valence-electron chi connectivity index (χ1n) is 12.0. The van der Waals surface area contributed by atoms with E-state index in [1.165, 1.54) is 15.7 Å². The summed E-state index contributed by atoms with van der Waals surface area (Å²) in [6.45, 7) is 1.36.